The molecule has 2 aromatic heterocycles. The summed E-state index contributed by atoms with van der Waals surface area (Å²) < 4.78 is 6.13. The number of fused-ring (bicyclic) bond motifs is 5. The summed E-state index contributed by atoms with van der Waals surface area (Å²) in [5.74, 6) is 1.55. The highest BCUT2D eigenvalue weighted by Gasteiger charge is 2.13. The standard InChI is InChI=1S/C48H30N2O/c1-2-9-35(10-3-1)48-49-44(30-45(50-48)33-21-23-34(24-22-33)47-29-39-13-6-7-16-46(39)51-47)32-19-17-31(18-20-32)40-14-8-15-41-42(40)26-25-38-27-36-11-4-5-12-37(36)28-43(38)41/h1-30H. The molecule has 0 amide bonds. The Hall–Kier alpha value is -6.84. The van der Waals surface area contributed by atoms with Crippen LogP contribution in [-0.2, 0) is 0 Å². The minimum absolute atomic E-state index is 0.696. The number of hydrogen-bond donors (Lipinski definition) is 0. The molecule has 0 atom stereocenters. The van der Waals surface area contributed by atoms with Crippen LogP contribution in [0.25, 0.3) is 99.6 Å². The molecule has 0 N–H and O–H groups in total. The Morgan fingerprint density at radius 1 is 0.333 bits per heavy atom. The maximum absolute atomic E-state index is 6.13. The van der Waals surface area contributed by atoms with E-state index in [1.165, 1.54) is 43.4 Å². The van der Waals surface area contributed by atoms with Crippen molar-refractivity contribution in [1.29, 1.82) is 0 Å². The van der Waals surface area contributed by atoms with Gasteiger partial charge in [-0.25, -0.2) is 9.97 Å². The third-order valence-electron chi connectivity index (χ3n) is 9.88. The van der Waals surface area contributed by atoms with Crippen LogP contribution >= 0.6 is 0 Å². The molecular formula is C48H30N2O. The molecule has 0 unspecified atom stereocenters. The summed E-state index contributed by atoms with van der Waals surface area (Å²) in [6.07, 6.45) is 0. The quantitative estimate of drug-likeness (QED) is 0.137. The minimum atomic E-state index is 0.696. The number of aromatic nitrogens is 2. The van der Waals surface area contributed by atoms with Gasteiger partial charge in [0.15, 0.2) is 5.82 Å². The molecule has 10 aromatic rings. The molecule has 0 saturated heterocycles. The lowest BCUT2D eigenvalue weighted by atomic mass is 9.93. The second kappa shape index (κ2) is 11.9. The van der Waals surface area contributed by atoms with Gasteiger partial charge in [-0.2, -0.15) is 0 Å². The topological polar surface area (TPSA) is 38.9 Å². The van der Waals surface area contributed by atoms with Crippen LogP contribution in [0.3, 0.4) is 0 Å². The average Bonchev–Trinajstić information content (AvgIpc) is 3.65. The van der Waals surface area contributed by atoms with Crippen molar-refractivity contribution in [2.75, 3.05) is 0 Å². The van der Waals surface area contributed by atoms with Gasteiger partial charge in [-0.05, 0) is 73.8 Å². The predicted molar refractivity (Wildman–Crippen MR) is 212 cm³/mol. The van der Waals surface area contributed by atoms with Crippen molar-refractivity contribution in [1.82, 2.24) is 9.97 Å². The van der Waals surface area contributed by atoms with Gasteiger partial charge in [-0.3, -0.25) is 0 Å². The van der Waals surface area contributed by atoms with Crippen molar-refractivity contribution >= 4 is 43.3 Å². The number of benzene rings is 8. The molecule has 51 heavy (non-hydrogen) atoms. The summed E-state index contributed by atoms with van der Waals surface area (Å²) in [6, 6.07) is 64.0. The molecule has 0 saturated carbocycles. The second-order valence-electron chi connectivity index (χ2n) is 13.0. The van der Waals surface area contributed by atoms with Gasteiger partial charge < -0.3 is 4.42 Å². The van der Waals surface area contributed by atoms with Crippen LogP contribution < -0.4 is 0 Å². The Bertz CT molecular complexity index is 2860. The van der Waals surface area contributed by atoms with Gasteiger partial charge >= 0.3 is 0 Å². The van der Waals surface area contributed by atoms with Gasteiger partial charge in [0.1, 0.15) is 11.3 Å². The van der Waals surface area contributed by atoms with Crippen LogP contribution in [0.5, 0.6) is 0 Å². The zero-order chi connectivity index (χ0) is 33.7. The number of nitrogens with zero attached hydrogens (tertiary/aromatic N) is 2. The molecule has 0 radical (unpaired) electrons. The fraction of sp³-hybridized carbons (Fsp3) is 0. The van der Waals surface area contributed by atoms with Crippen molar-refractivity contribution in [2.24, 2.45) is 0 Å². The first-order valence-electron chi connectivity index (χ1n) is 17.2. The first kappa shape index (κ1) is 29.1. The molecule has 238 valence electrons. The SMILES string of the molecule is c1ccc(-c2nc(-c3ccc(-c4cc5ccccc5o4)cc3)cc(-c3ccc(-c4cccc5c4ccc4cc6ccccc6cc45)cc3)n2)cc1. The van der Waals surface area contributed by atoms with Crippen LogP contribution in [0.15, 0.2) is 186 Å². The van der Waals surface area contributed by atoms with Gasteiger partial charge in [0.2, 0.25) is 0 Å². The fourth-order valence-electron chi connectivity index (χ4n) is 7.24. The molecule has 0 fully saturated rings. The Balaban J connectivity index is 1.03. The monoisotopic (exact) mass is 650 g/mol. The Morgan fingerprint density at radius 2 is 0.961 bits per heavy atom. The number of para-hydroxylation sites is 1. The lowest BCUT2D eigenvalue weighted by molar-refractivity contribution is 0.631. The highest BCUT2D eigenvalue weighted by atomic mass is 16.3. The van der Waals surface area contributed by atoms with E-state index < -0.39 is 0 Å². The normalized spacial score (nSPS) is 11.5. The largest absolute Gasteiger partial charge is 0.456 e. The summed E-state index contributed by atoms with van der Waals surface area (Å²) in [7, 11) is 0. The fourth-order valence-corrected chi connectivity index (χ4v) is 7.24. The Morgan fingerprint density at radius 3 is 1.69 bits per heavy atom. The van der Waals surface area contributed by atoms with Gasteiger partial charge in [0, 0.05) is 27.6 Å². The van der Waals surface area contributed by atoms with Crippen LogP contribution in [0.1, 0.15) is 0 Å². The molecular weight excluding hydrogens is 621 g/mol. The third kappa shape index (κ3) is 5.24. The van der Waals surface area contributed by atoms with E-state index in [1.54, 1.807) is 0 Å². The molecule has 8 aromatic carbocycles. The molecule has 2 heterocycles. The molecule has 0 bridgehead atoms. The van der Waals surface area contributed by atoms with Gasteiger partial charge in [-0.1, -0.05) is 152 Å². The molecule has 0 aliphatic heterocycles. The smallest absolute Gasteiger partial charge is 0.160 e. The van der Waals surface area contributed by atoms with Crippen molar-refractivity contribution in [3.05, 3.63) is 182 Å². The highest BCUT2D eigenvalue weighted by molar-refractivity contribution is 6.15. The van der Waals surface area contributed by atoms with E-state index in [9.17, 15) is 0 Å². The van der Waals surface area contributed by atoms with Gasteiger partial charge in [-0.15, -0.1) is 0 Å². The number of furan rings is 1. The van der Waals surface area contributed by atoms with E-state index in [0.29, 0.717) is 5.82 Å². The van der Waals surface area contributed by atoms with Crippen LogP contribution in [0.4, 0.5) is 0 Å². The lowest BCUT2D eigenvalue weighted by Gasteiger charge is -2.12. The highest BCUT2D eigenvalue weighted by Crippen LogP contribution is 2.37. The summed E-state index contributed by atoms with van der Waals surface area (Å²) in [5.41, 5.74) is 9.08. The van der Waals surface area contributed by atoms with E-state index in [4.69, 9.17) is 14.4 Å². The molecule has 0 aliphatic rings. The summed E-state index contributed by atoms with van der Waals surface area (Å²) in [6.45, 7) is 0. The maximum atomic E-state index is 6.13. The number of rotatable bonds is 5. The third-order valence-corrected chi connectivity index (χ3v) is 9.88. The Kier molecular flexibility index (Phi) is 6.81. The maximum Gasteiger partial charge on any atom is 0.160 e. The van der Waals surface area contributed by atoms with E-state index >= 15 is 0 Å². The van der Waals surface area contributed by atoms with E-state index in [-0.39, 0.29) is 0 Å². The molecule has 0 aliphatic carbocycles. The first-order valence-corrected chi connectivity index (χ1v) is 17.2. The van der Waals surface area contributed by atoms with Crippen molar-refractivity contribution in [3.63, 3.8) is 0 Å². The molecule has 10 rings (SSSR count). The van der Waals surface area contributed by atoms with E-state index in [0.717, 1.165) is 50.4 Å². The Labute approximate surface area is 295 Å². The predicted octanol–water partition coefficient (Wildman–Crippen LogP) is 13.0. The first-order chi connectivity index (χ1) is 25.2. The molecule has 3 heteroatoms. The van der Waals surface area contributed by atoms with E-state index in [1.807, 2.05) is 36.4 Å². The van der Waals surface area contributed by atoms with E-state index in [2.05, 4.69) is 146 Å². The zero-order valence-corrected chi connectivity index (χ0v) is 27.6. The average molecular weight is 651 g/mol. The van der Waals surface area contributed by atoms with Crippen molar-refractivity contribution < 1.29 is 4.42 Å². The summed E-state index contributed by atoms with van der Waals surface area (Å²) >= 11 is 0. The zero-order valence-electron chi connectivity index (χ0n) is 27.6. The van der Waals surface area contributed by atoms with Crippen molar-refractivity contribution in [2.45, 2.75) is 0 Å². The van der Waals surface area contributed by atoms with Crippen molar-refractivity contribution in [3.8, 4) is 56.4 Å². The summed E-state index contributed by atoms with van der Waals surface area (Å²) in [5, 5.41) is 8.66. The van der Waals surface area contributed by atoms with Crippen LogP contribution in [0, 0.1) is 0 Å². The summed E-state index contributed by atoms with van der Waals surface area (Å²) in [4.78, 5) is 10.1. The van der Waals surface area contributed by atoms with Gasteiger partial charge in [0.05, 0.1) is 11.4 Å². The van der Waals surface area contributed by atoms with Crippen LogP contribution in [-0.4, -0.2) is 9.97 Å². The van der Waals surface area contributed by atoms with Crippen LogP contribution in [0.2, 0.25) is 0 Å². The molecule has 3 nitrogen and oxygen atoms in total. The lowest BCUT2D eigenvalue weighted by Crippen LogP contribution is -1.96. The minimum Gasteiger partial charge on any atom is -0.456 e. The molecule has 0 spiro atoms. The number of hydrogen-bond acceptors (Lipinski definition) is 3. The van der Waals surface area contributed by atoms with Gasteiger partial charge in [0.25, 0.3) is 0 Å². The second-order valence-corrected chi connectivity index (χ2v) is 13.0.